The Bertz CT molecular complexity index is 869. The lowest BCUT2D eigenvalue weighted by Crippen LogP contribution is -2.37. The molecule has 0 saturated carbocycles. The van der Waals surface area contributed by atoms with Crippen molar-refractivity contribution in [1.82, 2.24) is 9.97 Å². The molecular weight excluding hydrogens is 308 g/mol. The third kappa shape index (κ3) is 3.18. The van der Waals surface area contributed by atoms with Crippen LogP contribution < -0.4 is 5.72 Å². The van der Waals surface area contributed by atoms with Crippen molar-refractivity contribution in [2.24, 2.45) is 0 Å². The van der Waals surface area contributed by atoms with Crippen LogP contribution in [0.5, 0.6) is 0 Å². The van der Waals surface area contributed by atoms with E-state index >= 15 is 0 Å². The molecule has 0 spiro atoms. The van der Waals surface area contributed by atoms with Gasteiger partial charge in [0.1, 0.15) is 5.69 Å². The van der Waals surface area contributed by atoms with Crippen molar-refractivity contribution in [1.29, 1.82) is 0 Å². The zero-order valence-corrected chi connectivity index (χ0v) is 11.6. The van der Waals surface area contributed by atoms with Crippen molar-refractivity contribution >= 4 is 23.6 Å². The summed E-state index contributed by atoms with van der Waals surface area (Å²) in [6.07, 6.45) is -4.71. The number of halogens is 3. The van der Waals surface area contributed by atoms with E-state index in [1.54, 1.807) is 18.2 Å². The molecule has 0 fully saturated rings. The van der Waals surface area contributed by atoms with Gasteiger partial charge in [0.25, 0.3) is 0 Å². The Hall–Kier alpha value is -2.45. The molecule has 116 valence electrons. The molecule has 8 heteroatoms. The van der Waals surface area contributed by atoms with Crippen LogP contribution in [-0.4, -0.2) is 27.1 Å². The maximum Gasteiger partial charge on any atom is 0.528 e. The largest absolute Gasteiger partial charge is 0.528 e. The smallest absolute Gasteiger partial charge is 0.421 e. The van der Waals surface area contributed by atoms with Crippen molar-refractivity contribution in [3.63, 3.8) is 0 Å². The number of aromatic nitrogens is 2. The highest BCUT2D eigenvalue weighted by molar-refractivity contribution is 6.56. The first kappa shape index (κ1) is 15.5. The average Bonchev–Trinajstić information content (AvgIpc) is 2.53. The van der Waals surface area contributed by atoms with Crippen molar-refractivity contribution < 1.29 is 23.2 Å². The van der Waals surface area contributed by atoms with Gasteiger partial charge >= 0.3 is 13.3 Å². The van der Waals surface area contributed by atoms with E-state index < -0.39 is 24.7 Å². The minimum absolute atomic E-state index is 0.0267. The Balaban J connectivity index is 2.18. The molecule has 0 unspecified atom stereocenters. The molecule has 23 heavy (non-hydrogen) atoms. The Morgan fingerprint density at radius 1 is 0.870 bits per heavy atom. The van der Waals surface area contributed by atoms with Crippen LogP contribution in [-0.2, 0) is 6.18 Å². The lowest BCUT2D eigenvalue weighted by molar-refractivity contribution is -0.141. The highest BCUT2D eigenvalue weighted by Crippen LogP contribution is 2.30. The molecule has 3 aromatic rings. The second kappa shape index (κ2) is 5.64. The van der Waals surface area contributed by atoms with Crippen molar-refractivity contribution in [2.75, 3.05) is 0 Å². The summed E-state index contributed by atoms with van der Waals surface area (Å²) in [5.74, 6) is 0. The fourth-order valence-electron chi connectivity index (χ4n) is 2.22. The molecule has 0 radical (unpaired) electrons. The first-order chi connectivity index (χ1) is 10.8. The molecule has 0 aliphatic heterocycles. The van der Waals surface area contributed by atoms with Gasteiger partial charge in [0.2, 0.25) is 0 Å². The first-order valence-corrected chi connectivity index (χ1v) is 6.66. The normalized spacial score (nSPS) is 11.7. The lowest BCUT2D eigenvalue weighted by atomic mass is 9.90. The summed E-state index contributed by atoms with van der Waals surface area (Å²) >= 11 is 0. The number of nitrogens with zero attached hydrogens (tertiary/aromatic N) is 2. The van der Waals surface area contributed by atoms with Gasteiger partial charge in [-0.2, -0.15) is 13.2 Å². The summed E-state index contributed by atoms with van der Waals surface area (Å²) in [5.41, 5.74) is -1.51. The molecular formula is C15H10BF3N2O2. The minimum Gasteiger partial charge on any atom is -0.421 e. The number of fused-ring (bicyclic) bond motifs is 1. The minimum atomic E-state index is -4.71. The van der Waals surface area contributed by atoms with Crippen molar-refractivity contribution in [2.45, 2.75) is 6.18 Å². The summed E-state index contributed by atoms with van der Waals surface area (Å²) in [7, 11) is -2.18. The van der Waals surface area contributed by atoms with Crippen molar-refractivity contribution in [3.05, 3.63) is 54.2 Å². The van der Waals surface area contributed by atoms with E-state index in [1.165, 1.54) is 0 Å². The average molecular weight is 318 g/mol. The number of benzene rings is 2. The van der Waals surface area contributed by atoms with E-state index in [0.29, 0.717) is 5.56 Å². The summed E-state index contributed by atoms with van der Waals surface area (Å²) in [6.45, 7) is 0. The Kier molecular flexibility index (Phi) is 3.79. The monoisotopic (exact) mass is 318 g/mol. The molecule has 0 aliphatic carbocycles. The molecule has 0 atom stereocenters. The molecule has 0 saturated heterocycles. The molecule has 2 N–H and O–H groups in total. The second-order valence-electron chi connectivity index (χ2n) is 4.93. The molecule has 3 rings (SSSR count). The molecule has 0 aliphatic rings. The van der Waals surface area contributed by atoms with E-state index in [9.17, 15) is 13.2 Å². The summed E-state index contributed by atoms with van der Waals surface area (Å²) < 4.78 is 38.8. The highest BCUT2D eigenvalue weighted by atomic mass is 19.4. The quantitative estimate of drug-likeness (QED) is 0.709. The van der Waals surface area contributed by atoms with Crippen LogP contribution in [0.4, 0.5) is 13.2 Å². The van der Waals surface area contributed by atoms with Gasteiger partial charge in [-0.15, -0.1) is 0 Å². The zero-order chi connectivity index (χ0) is 16.6. The highest BCUT2D eigenvalue weighted by Gasteiger charge is 2.35. The predicted octanol–water partition coefficient (Wildman–Crippen LogP) is 2.00. The van der Waals surface area contributed by atoms with Gasteiger partial charge in [0.05, 0.1) is 5.69 Å². The molecule has 0 amide bonds. The van der Waals surface area contributed by atoms with E-state index in [4.69, 9.17) is 10.0 Å². The molecule has 4 nitrogen and oxygen atoms in total. The first-order valence-electron chi connectivity index (χ1n) is 6.66. The SMILES string of the molecule is OB(O)c1nc(-c2ccc3ccccc3c2)cc(C(F)(F)F)n1. The predicted molar refractivity (Wildman–Crippen MR) is 79.8 cm³/mol. The van der Waals surface area contributed by atoms with Gasteiger partial charge in [-0.25, -0.2) is 9.97 Å². The van der Waals surface area contributed by atoms with E-state index in [0.717, 1.165) is 16.8 Å². The fourth-order valence-corrected chi connectivity index (χ4v) is 2.22. The number of hydrogen-bond donors (Lipinski definition) is 2. The zero-order valence-electron chi connectivity index (χ0n) is 11.6. The van der Waals surface area contributed by atoms with Crippen LogP contribution in [0.3, 0.4) is 0 Å². The summed E-state index contributed by atoms with van der Waals surface area (Å²) in [5, 5.41) is 20.0. The molecule has 2 aromatic carbocycles. The van der Waals surface area contributed by atoms with E-state index in [-0.39, 0.29) is 5.69 Å². The maximum atomic E-state index is 12.9. The molecule has 1 heterocycles. The summed E-state index contributed by atoms with van der Waals surface area (Å²) in [6, 6.07) is 13.2. The standard InChI is InChI=1S/C15H10BF3N2O2/c17-15(18,19)13-8-12(20-14(21-13)16(22)23)11-6-5-9-3-1-2-4-10(9)7-11/h1-8,22-23H. The third-order valence-corrected chi connectivity index (χ3v) is 3.31. The Labute approximate surface area is 129 Å². The van der Waals surface area contributed by atoms with E-state index in [1.807, 2.05) is 24.3 Å². The third-order valence-electron chi connectivity index (χ3n) is 3.31. The second-order valence-corrected chi connectivity index (χ2v) is 4.93. The van der Waals surface area contributed by atoms with Crippen LogP contribution in [0.15, 0.2) is 48.5 Å². The van der Waals surface area contributed by atoms with Crippen LogP contribution in [0.2, 0.25) is 0 Å². The van der Waals surface area contributed by atoms with Gasteiger partial charge in [0, 0.05) is 5.56 Å². The topological polar surface area (TPSA) is 66.2 Å². The number of rotatable bonds is 2. The lowest BCUT2D eigenvalue weighted by Gasteiger charge is -2.11. The van der Waals surface area contributed by atoms with E-state index in [2.05, 4.69) is 9.97 Å². The Morgan fingerprint density at radius 2 is 1.57 bits per heavy atom. The van der Waals surface area contributed by atoms with Crippen LogP contribution in [0.25, 0.3) is 22.0 Å². The Morgan fingerprint density at radius 3 is 2.22 bits per heavy atom. The number of hydrogen-bond acceptors (Lipinski definition) is 4. The maximum absolute atomic E-state index is 12.9. The van der Waals surface area contributed by atoms with Gasteiger partial charge in [-0.05, 0) is 22.9 Å². The van der Waals surface area contributed by atoms with Gasteiger partial charge in [0.15, 0.2) is 5.72 Å². The van der Waals surface area contributed by atoms with Crippen LogP contribution >= 0.6 is 0 Å². The van der Waals surface area contributed by atoms with Crippen LogP contribution in [0.1, 0.15) is 5.69 Å². The summed E-state index contributed by atoms with van der Waals surface area (Å²) in [4.78, 5) is 6.97. The fraction of sp³-hybridized carbons (Fsp3) is 0.0667. The number of alkyl halides is 3. The van der Waals surface area contributed by atoms with Crippen molar-refractivity contribution in [3.8, 4) is 11.3 Å². The van der Waals surface area contributed by atoms with Crippen LogP contribution in [0, 0.1) is 0 Å². The van der Waals surface area contributed by atoms with Gasteiger partial charge in [-0.3, -0.25) is 0 Å². The van der Waals surface area contributed by atoms with Gasteiger partial charge < -0.3 is 10.0 Å². The molecule has 0 bridgehead atoms. The molecule has 1 aromatic heterocycles. The van der Waals surface area contributed by atoms with Gasteiger partial charge in [-0.1, -0.05) is 36.4 Å².